The van der Waals surface area contributed by atoms with Crippen molar-refractivity contribution in [3.63, 3.8) is 0 Å². The highest BCUT2D eigenvalue weighted by atomic mass is 32.2. The quantitative estimate of drug-likeness (QED) is 0.825. The van der Waals surface area contributed by atoms with Gasteiger partial charge in [0.1, 0.15) is 0 Å². The molecule has 0 heterocycles. The van der Waals surface area contributed by atoms with Gasteiger partial charge >= 0.3 is 0 Å². The maximum Gasteiger partial charge on any atom is 0.276 e. The molecule has 0 amide bonds. The van der Waals surface area contributed by atoms with Crippen molar-refractivity contribution >= 4 is 15.7 Å². The number of hydrazone groups is 1. The second-order valence-corrected chi connectivity index (χ2v) is 8.76. The fourth-order valence-corrected chi connectivity index (χ4v) is 4.39. The van der Waals surface area contributed by atoms with Crippen molar-refractivity contribution in [1.82, 2.24) is 4.83 Å². The Balaban J connectivity index is 1.83. The van der Waals surface area contributed by atoms with Crippen LogP contribution in [0, 0.1) is 12.3 Å². The lowest BCUT2D eigenvalue weighted by Crippen LogP contribution is -2.38. The molecular weight excluding hydrogens is 324 g/mol. The molecule has 130 valence electrons. The molecular formula is C18H24N2O3S. The highest BCUT2D eigenvalue weighted by Crippen LogP contribution is 2.46. The molecule has 6 heteroatoms. The van der Waals surface area contributed by atoms with E-state index in [1.165, 1.54) is 12.0 Å². The zero-order chi connectivity index (χ0) is 17.4. The summed E-state index contributed by atoms with van der Waals surface area (Å²) in [4.78, 5) is 2.42. The Hall–Kier alpha value is -1.66. The lowest BCUT2D eigenvalue weighted by Gasteiger charge is -2.41. The molecule has 1 aromatic rings. The van der Waals surface area contributed by atoms with Crippen molar-refractivity contribution in [2.24, 2.45) is 10.5 Å². The van der Waals surface area contributed by atoms with Gasteiger partial charge in [-0.25, -0.2) is 0 Å². The van der Waals surface area contributed by atoms with Crippen LogP contribution < -0.4 is 4.83 Å². The van der Waals surface area contributed by atoms with Crippen LogP contribution >= 0.6 is 0 Å². The molecule has 0 saturated heterocycles. The van der Waals surface area contributed by atoms with Gasteiger partial charge in [-0.1, -0.05) is 36.6 Å². The van der Waals surface area contributed by atoms with Crippen molar-refractivity contribution in [2.75, 3.05) is 0 Å². The number of hydrogen-bond acceptors (Lipinski definition) is 4. The molecule has 1 fully saturated rings. The van der Waals surface area contributed by atoms with Crippen molar-refractivity contribution in [3.8, 4) is 0 Å². The van der Waals surface area contributed by atoms with Gasteiger partial charge in [-0.2, -0.15) is 18.4 Å². The number of nitrogens with one attached hydrogen (secondary N) is 1. The molecule has 24 heavy (non-hydrogen) atoms. The van der Waals surface area contributed by atoms with E-state index in [1.54, 1.807) is 24.3 Å². The highest BCUT2D eigenvalue weighted by molar-refractivity contribution is 7.89. The molecule has 0 spiro atoms. The van der Waals surface area contributed by atoms with Crippen LogP contribution in [0.15, 0.2) is 45.9 Å². The van der Waals surface area contributed by atoms with Crippen LogP contribution in [0.5, 0.6) is 0 Å². The zero-order valence-corrected chi connectivity index (χ0v) is 14.9. The monoisotopic (exact) mass is 348 g/mol. The molecule has 5 nitrogen and oxygen atoms in total. The summed E-state index contributed by atoms with van der Waals surface area (Å²) in [6, 6.07) is 6.58. The molecule has 0 radical (unpaired) electrons. The van der Waals surface area contributed by atoms with E-state index < -0.39 is 16.1 Å². The van der Waals surface area contributed by atoms with Gasteiger partial charge < -0.3 is 5.11 Å². The van der Waals surface area contributed by atoms with Crippen molar-refractivity contribution < 1.29 is 13.5 Å². The molecule has 0 bridgehead atoms. The minimum absolute atomic E-state index is 0.0204. The third kappa shape index (κ3) is 3.39. The van der Waals surface area contributed by atoms with Gasteiger partial charge in [0.25, 0.3) is 10.0 Å². The molecule has 1 saturated carbocycles. The molecule has 3 rings (SSSR count). The minimum Gasteiger partial charge on any atom is -0.387 e. The summed E-state index contributed by atoms with van der Waals surface area (Å²) in [6.07, 6.45) is 6.12. The van der Waals surface area contributed by atoms with Gasteiger partial charge in [-0.05, 0) is 56.2 Å². The summed E-state index contributed by atoms with van der Waals surface area (Å²) in [5.74, 6) is 0. The Morgan fingerprint density at radius 1 is 1.25 bits per heavy atom. The van der Waals surface area contributed by atoms with Gasteiger partial charge in [-0.3, -0.25) is 0 Å². The molecule has 0 aromatic heterocycles. The number of rotatable bonds is 3. The first-order chi connectivity index (χ1) is 11.3. The number of hydrogen-bond donors (Lipinski definition) is 2. The van der Waals surface area contributed by atoms with Crippen molar-refractivity contribution in [3.05, 3.63) is 41.5 Å². The molecule has 2 aliphatic rings. The summed E-state index contributed by atoms with van der Waals surface area (Å²) in [7, 11) is -3.72. The predicted octanol–water partition coefficient (Wildman–Crippen LogP) is 2.90. The Morgan fingerprint density at radius 3 is 2.67 bits per heavy atom. The van der Waals surface area contributed by atoms with E-state index in [-0.39, 0.29) is 10.3 Å². The Morgan fingerprint density at radius 2 is 1.96 bits per heavy atom. The number of benzene rings is 1. The van der Waals surface area contributed by atoms with Crippen LogP contribution in [0.2, 0.25) is 0 Å². The average molecular weight is 348 g/mol. The summed E-state index contributed by atoms with van der Waals surface area (Å²) >= 11 is 0. The topological polar surface area (TPSA) is 78.8 Å². The molecule has 2 unspecified atom stereocenters. The number of aryl methyl sites for hydroxylation is 1. The van der Waals surface area contributed by atoms with E-state index in [2.05, 4.69) is 16.9 Å². The fourth-order valence-electron chi connectivity index (χ4n) is 3.57. The van der Waals surface area contributed by atoms with Crippen LogP contribution in [0.1, 0.15) is 44.6 Å². The SMILES string of the molecule is Cc1ccc(S(=O)(=O)N/N=C2/C=C3CCCCC3(C)CC2O)cc1. The van der Waals surface area contributed by atoms with Gasteiger partial charge in [0.15, 0.2) is 0 Å². The van der Waals surface area contributed by atoms with Gasteiger partial charge in [0, 0.05) is 0 Å². The van der Waals surface area contributed by atoms with E-state index in [4.69, 9.17) is 0 Å². The molecule has 2 atom stereocenters. The Kier molecular flexibility index (Phi) is 4.53. The number of aliphatic hydroxyl groups excluding tert-OH is 1. The second-order valence-electron chi connectivity index (χ2n) is 7.10. The normalized spacial score (nSPS) is 29.0. The van der Waals surface area contributed by atoms with Crippen LogP contribution in [0.4, 0.5) is 0 Å². The van der Waals surface area contributed by atoms with Crippen LogP contribution in [-0.2, 0) is 10.0 Å². The largest absolute Gasteiger partial charge is 0.387 e. The highest BCUT2D eigenvalue weighted by Gasteiger charge is 2.38. The van der Waals surface area contributed by atoms with E-state index in [0.717, 1.165) is 24.8 Å². The Bertz CT molecular complexity index is 781. The Labute approximate surface area is 143 Å². The maximum absolute atomic E-state index is 12.3. The predicted molar refractivity (Wildman–Crippen MR) is 94.2 cm³/mol. The summed E-state index contributed by atoms with van der Waals surface area (Å²) in [6.45, 7) is 4.07. The van der Waals surface area contributed by atoms with E-state index in [0.29, 0.717) is 12.1 Å². The number of aliphatic hydroxyl groups is 1. The minimum atomic E-state index is -3.72. The maximum atomic E-state index is 12.3. The van der Waals surface area contributed by atoms with Crippen molar-refractivity contribution in [1.29, 1.82) is 0 Å². The van der Waals surface area contributed by atoms with Gasteiger partial charge in [0.05, 0.1) is 16.7 Å². The fraction of sp³-hybridized carbons (Fsp3) is 0.500. The third-order valence-electron chi connectivity index (χ3n) is 5.13. The summed E-state index contributed by atoms with van der Waals surface area (Å²) in [5, 5.41) is 14.4. The first kappa shape index (κ1) is 17.2. The number of allylic oxidation sites excluding steroid dienone is 1. The summed E-state index contributed by atoms with van der Waals surface area (Å²) in [5.41, 5.74) is 2.68. The number of fused-ring (bicyclic) bond motifs is 1. The zero-order valence-electron chi connectivity index (χ0n) is 14.1. The standard InChI is InChI=1S/C18H24N2O3S/c1-13-6-8-15(9-7-13)24(22,23)20-19-16-11-14-5-3-4-10-18(14,2)12-17(16)21/h6-9,11,17,20-21H,3-5,10,12H2,1-2H3/b19-16-. The second kappa shape index (κ2) is 6.33. The molecule has 1 aromatic carbocycles. The number of sulfonamides is 1. The first-order valence-electron chi connectivity index (χ1n) is 8.35. The molecule has 2 N–H and O–H groups in total. The van der Waals surface area contributed by atoms with Gasteiger partial charge in [0.2, 0.25) is 0 Å². The lowest BCUT2D eigenvalue weighted by molar-refractivity contribution is 0.151. The van der Waals surface area contributed by atoms with E-state index >= 15 is 0 Å². The smallest absolute Gasteiger partial charge is 0.276 e. The first-order valence-corrected chi connectivity index (χ1v) is 9.84. The molecule has 0 aliphatic heterocycles. The molecule has 2 aliphatic carbocycles. The van der Waals surface area contributed by atoms with Crippen LogP contribution in [0.25, 0.3) is 0 Å². The van der Waals surface area contributed by atoms with Crippen LogP contribution in [0.3, 0.4) is 0 Å². The third-order valence-corrected chi connectivity index (χ3v) is 6.36. The lowest BCUT2D eigenvalue weighted by atomic mass is 9.65. The average Bonchev–Trinajstić information content (AvgIpc) is 2.53. The van der Waals surface area contributed by atoms with Gasteiger partial charge in [-0.15, -0.1) is 0 Å². The van der Waals surface area contributed by atoms with E-state index in [1.807, 2.05) is 13.0 Å². The van der Waals surface area contributed by atoms with E-state index in [9.17, 15) is 13.5 Å². The van der Waals surface area contributed by atoms with Crippen molar-refractivity contribution in [2.45, 2.75) is 57.0 Å². The summed E-state index contributed by atoms with van der Waals surface area (Å²) < 4.78 is 24.6. The van der Waals surface area contributed by atoms with Crippen LogP contribution in [-0.4, -0.2) is 25.3 Å². The number of nitrogens with zero attached hydrogens (tertiary/aromatic N) is 1.